The molecule has 3 aromatic heterocycles. The predicted octanol–water partition coefficient (Wildman–Crippen LogP) is 2.31. The summed E-state index contributed by atoms with van der Waals surface area (Å²) in [4.78, 5) is 27.5. The van der Waals surface area contributed by atoms with Crippen molar-refractivity contribution >= 4 is 17.2 Å². The molecule has 7 nitrogen and oxygen atoms in total. The van der Waals surface area contributed by atoms with Crippen molar-refractivity contribution in [1.29, 1.82) is 0 Å². The second-order valence-electron chi connectivity index (χ2n) is 5.73. The summed E-state index contributed by atoms with van der Waals surface area (Å²) in [6.07, 6.45) is 10.7. The molecular weight excluding hydrogens is 324 g/mol. The average Bonchev–Trinajstić information content (AvgIpc) is 3.35. The molecule has 1 saturated heterocycles. The van der Waals surface area contributed by atoms with Gasteiger partial charge in [0.15, 0.2) is 0 Å². The fraction of sp³-hybridized carbons (Fsp3) is 0.312. The van der Waals surface area contributed by atoms with Gasteiger partial charge < -0.3 is 4.90 Å². The van der Waals surface area contributed by atoms with Crippen LogP contribution in [0.1, 0.15) is 34.9 Å². The van der Waals surface area contributed by atoms with E-state index in [9.17, 15) is 4.79 Å². The molecule has 4 rings (SSSR count). The molecule has 1 aliphatic rings. The number of nitrogens with zero attached hydrogens (tertiary/aromatic N) is 6. The molecule has 8 heteroatoms. The van der Waals surface area contributed by atoms with Gasteiger partial charge in [0.1, 0.15) is 16.4 Å². The zero-order valence-electron chi connectivity index (χ0n) is 13.2. The topological polar surface area (TPSA) is 76.8 Å². The van der Waals surface area contributed by atoms with Crippen molar-refractivity contribution in [2.24, 2.45) is 7.05 Å². The van der Waals surface area contributed by atoms with Crippen LogP contribution in [0.3, 0.4) is 0 Å². The van der Waals surface area contributed by atoms with Crippen molar-refractivity contribution in [2.45, 2.75) is 18.9 Å². The first-order chi connectivity index (χ1) is 11.7. The number of hydrogen-bond acceptors (Lipinski definition) is 6. The molecule has 0 aliphatic carbocycles. The van der Waals surface area contributed by atoms with Crippen LogP contribution in [0.5, 0.6) is 0 Å². The van der Waals surface area contributed by atoms with Crippen molar-refractivity contribution < 1.29 is 4.79 Å². The molecule has 0 spiro atoms. The third kappa shape index (κ3) is 2.69. The normalized spacial score (nSPS) is 17.4. The molecule has 1 aliphatic heterocycles. The molecule has 3 aromatic rings. The van der Waals surface area contributed by atoms with Crippen molar-refractivity contribution in [2.75, 3.05) is 6.54 Å². The van der Waals surface area contributed by atoms with Crippen molar-refractivity contribution in [1.82, 2.24) is 29.6 Å². The highest BCUT2D eigenvalue weighted by Crippen LogP contribution is 2.33. The second kappa shape index (κ2) is 6.12. The van der Waals surface area contributed by atoms with Crippen molar-refractivity contribution in [3.63, 3.8) is 0 Å². The summed E-state index contributed by atoms with van der Waals surface area (Å²) < 4.78 is 1.77. The Kier molecular flexibility index (Phi) is 3.81. The predicted molar refractivity (Wildman–Crippen MR) is 89.4 cm³/mol. The minimum Gasteiger partial charge on any atom is -0.330 e. The fourth-order valence-electron chi connectivity index (χ4n) is 3.01. The molecule has 1 fully saturated rings. The molecule has 1 atom stereocenters. The highest BCUT2D eigenvalue weighted by Gasteiger charge is 2.32. The van der Waals surface area contributed by atoms with Gasteiger partial charge in [0.25, 0.3) is 5.91 Å². The molecule has 4 heterocycles. The Labute approximate surface area is 143 Å². The monoisotopic (exact) mass is 340 g/mol. The van der Waals surface area contributed by atoms with E-state index in [0.29, 0.717) is 16.4 Å². The van der Waals surface area contributed by atoms with Crippen LogP contribution in [0.25, 0.3) is 10.7 Å². The molecule has 0 N–H and O–H groups in total. The number of aryl methyl sites for hydroxylation is 1. The maximum absolute atomic E-state index is 12.9. The molecule has 122 valence electrons. The number of carbonyl (C=O) groups excluding carboxylic acids is 1. The smallest absolute Gasteiger partial charge is 0.273 e. The second-order valence-corrected chi connectivity index (χ2v) is 6.59. The number of amides is 1. The number of hydrogen-bond donors (Lipinski definition) is 0. The Morgan fingerprint density at radius 2 is 2.25 bits per heavy atom. The largest absolute Gasteiger partial charge is 0.330 e. The van der Waals surface area contributed by atoms with Gasteiger partial charge in [0.2, 0.25) is 0 Å². The van der Waals surface area contributed by atoms with Crippen LogP contribution in [0.4, 0.5) is 0 Å². The molecule has 0 aromatic carbocycles. The molecule has 0 saturated carbocycles. The summed E-state index contributed by atoms with van der Waals surface area (Å²) in [6.45, 7) is 0.746. The molecule has 24 heavy (non-hydrogen) atoms. The summed E-state index contributed by atoms with van der Waals surface area (Å²) in [7, 11) is 1.89. The van der Waals surface area contributed by atoms with Crippen LogP contribution in [0.2, 0.25) is 0 Å². The van der Waals surface area contributed by atoms with Gasteiger partial charge in [0, 0.05) is 43.1 Å². The first-order valence-corrected chi connectivity index (χ1v) is 8.62. The summed E-state index contributed by atoms with van der Waals surface area (Å²) in [5.41, 5.74) is 2.23. The minimum absolute atomic E-state index is 0.0345. The number of aromatic nitrogens is 5. The molecule has 0 bridgehead atoms. The van der Waals surface area contributed by atoms with Gasteiger partial charge in [-0.05, 0) is 12.8 Å². The lowest BCUT2D eigenvalue weighted by Gasteiger charge is -2.22. The van der Waals surface area contributed by atoms with Crippen molar-refractivity contribution in [3.8, 4) is 10.7 Å². The molecule has 1 unspecified atom stereocenters. The standard InChI is InChI=1S/C16H16N6OS/c1-21-9-11(7-19-21)14-3-2-6-22(14)16(23)13-10-24-15(20-13)12-8-17-4-5-18-12/h4-5,7-10,14H,2-3,6H2,1H3. The van der Waals surface area contributed by atoms with Gasteiger partial charge in [-0.3, -0.25) is 19.4 Å². The van der Waals surface area contributed by atoms with Gasteiger partial charge in [-0.1, -0.05) is 0 Å². The quantitative estimate of drug-likeness (QED) is 0.731. The SMILES string of the molecule is Cn1cc(C2CCCN2C(=O)c2csc(-c3cnccn3)n2)cn1. The summed E-state index contributed by atoms with van der Waals surface area (Å²) in [5.74, 6) is -0.0345. The third-order valence-electron chi connectivity index (χ3n) is 4.13. The average molecular weight is 340 g/mol. The van der Waals surface area contributed by atoms with E-state index in [2.05, 4.69) is 20.1 Å². The highest BCUT2D eigenvalue weighted by atomic mass is 32.1. The molecule has 0 radical (unpaired) electrons. The Bertz CT molecular complexity index is 858. The Balaban J connectivity index is 1.58. The van der Waals surface area contributed by atoms with Crippen LogP contribution in [-0.2, 0) is 7.05 Å². The summed E-state index contributed by atoms with van der Waals surface area (Å²) >= 11 is 1.41. The van der Waals surface area contributed by atoms with E-state index in [0.717, 1.165) is 24.9 Å². The van der Waals surface area contributed by atoms with Gasteiger partial charge >= 0.3 is 0 Å². The zero-order chi connectivity index (χ0) is 16.5. The maximum Gasteiger partial charge on any atom is 0.273 e. The van der Waals surface area contributed by atoms with Gasteiger partial charge in [-0.2, -0.15) is 5.10 Å². The summed E-state index contributed by atoms with van der Waals surface area (Å²) in [6, 6.07) is 0.0767. The van der Waals surface area contributed by atoms with Gasteiger partial charge in [0.05, 0.1) is 18.4 Å². The Morgan fingerprint density at radius 3 is 3.00 bits per heavy atom. The lowest BCUT2D eigenvalue weighted by Crippen LogP contribution is -2.30. The van der Waals surface area contributed by atoms with E-state index in [1.807, 2.05) is 24.3 Å². The van der Waals surface area contributed by atoms with Crippen LogP contribution in [0.15, 0.2) is 36.4 Å². The van der Waals surface area contributed by atoms with Gasteiger partial charge in [-0.15, -0.1) is 11.3 Å². The van der Waals surface area contributed by atoms with E-state index in [4.69, 9.17) is 0 Å². The first-order valence-electron chi connectivity index (χ1n) is 7.74. The Hall–Kier alpha value is -2.61. The zero-order valence-corrected chi connectivity index (χ0v) is 14.0. The van der Waals surface area contributed by atoms with Crippen molar-refractivity contribution in [3.05, 3.63) is 47.6 Å². The van der Waals surface area contributed by atoms with Crippen LogP contribution < -0.4 is 0 Å². The number of likely N-dealkylation sites (tertiary alicyclic amines) is 1. The third-order valence-corrected chi connectivity index (χ3v) is 4.99. The van der Waals surface area contributed by atoms with E-state index >= 15 is 0 Å². The maximum atomic E-state index is 12.9. The molecular formula is C16H16N6OS. The highest BCUT2D eigenvalue weighted by molar-refractivity contribution is 7.13. The fourth-order valence-corrected chi connectivity index (χ4v) is 3.77. The lowest BCUT2D eigenvalue weighted by atomic mass is 10.1. The van der Waals surface area contributed by atoms with Gasteiger partial charge in [-0.25, -0.2) is 4.98 Å². The first kappa shape index (κ1) is 14.9. The van der Waals surface area contributed by atoms with Crippen LogP contribution >= 0.6 is 11.3 Å². The van der Waals surface area contributed by atoms with Crippen LogP contribution in [0, 0.1) is 0 Å². The summed E-state index contributed by atoms with van der Waals surface area (Å²) in [5, 5.41) is 6.73. The number of carbonyl (C=O) groups is 1. The number of thiazole rings is 1. The lowest BCUT2D eigenvalue weighted by molar-refractivity contribution is 0.0730. The Morgan fingerprint density at radius 1 is 1.33 bits per heavy atom. The van der Waals surface area contributed by atoms with E-state index in [1.165, 1.54) is 11.3 Å². The van der Waals surface area contributed by atoms with E-state index in [-0.39, 0.29) is 11.9 Å². The van der Waals surface area contributed by atoms with Crippen LogP contribution in [-0.4, -0.2) is 42.1 Å². The minimum atomic E-state index is -0.0345. The van der Waals surface area contributed by atoms with E-state index < -0.39 is 0 Å². The molecule has 1 amide bonds. The van der Waals surface area contributed by atoms with E-state index in [1.54, 1.807) is 28.7 Å². The number of rotatable bonds is 3.